The van der Waals surface area contributed by atoms with E-state index in [2.05, 4.69) is 10.6 Å². The van der Waals surface area contributed by atoms with Gasteiger partial charge in [-0.15, -0.1) is 0 Å². The molecule has 0 saturated heterocycles. The van der Waals surface area contributed by atoms with Crippen LogP contribution < -0.4 is 10.6 Å². The molecule has 4 nitrogen and oxygen atoms in total. The molecule has 5 heteroatoms. The van der Waals surface area contributed by atoms with Gasteiger partial charge in [-0.25, -0.2) is 0 Å². The molecule has 0 radical (unpaired) electrons. The van der Waals surface area contributed by atoms with E-state index in [-0.39, 0.29) is 11.9 Å². The molecule has 0 aliphatic rings. The van der Waals surface area contributed by atoms with Gasteiger partial charge in [0.05, 0.1) is 5.60 Å². The third-order valence-electron chi connectivity index (χ3n) is 3.70. The van der Waals surface area contributed by atoms with Crippen LogP contribution in [0.15, 0.2) is 24.3 Å². The van der Waals surface area contributed by atoms with E-state index in [1.165, 1.54) is 0 Å². The molecule has 1 atom stereocenters. The van der Waals surface area contributed by atoms with Crippen LogP contribution in [0.1, 0.15) is 40.0 Å². The summed E-state index contributed by atoms with van der Waals surface area (Å²) in [6.07, 6.45) is 1.73. The molecule has 0 aliphatic heterocycles. The molecular formula is C16H25ClN2O2. The number of anilines is 1. The Bertz CT molecular complexity index is 461. The Hall–Kier alpha value is -1.10. The van der Waals surface area contributed by atoms with E-state index in [0.29, 0.717) is 36.5 Å². The highest BCUT2D eigenvalue weighted by Gasteiger charge is 2.22. The van der Waals surface area contributed by atoms with Crippen molar-refractivity contribution in [1.82, 2.24) is 5.32 Å². The summed E-state index contributed by atoms with van der Waals surface area (Å²) in [5, 5.41) is 16.8. The van der Waals surface area contributed by atoms with Crippen LogP contribution in [0, 0.1) is 0 Å². The van der Waals surface area contributed by atoms with Gasteiger partial charge < -0.3 is 15.7 Å². The summed E-state index contributed by atoms with van der Waals surface area (Å²) in [6.45, 7) is 6.35. The van der Waals surface area contributed by atoms with Gasteiger partial charge in [0.25, 0.3) is 0 Å². The molecule has 1 aromatic carbocycles. The van der Waals surface area contributed by atoms with E-state index in [4.69, 9.17) is 11.6 Å². The lowest BCUT2D eigenvalue weighted by atomic mass is 9.97. The molecule has 1 aromatic rings. The minimum atomic E-state index is -0.697. The van der Waals surface area contributed by atoms with Crippen molar-refractivity contribution in [2.75, 3.05) is 11.9 Å². The fourth-order valence-corrected chi connectivity index (χ4v) is 2.18. The molecule has 0 heterocycles. The lowest BCUT2D eigenvalue weighted by Crippen LogP contribution is -2.43. The van der Waals surface area contributed by atoms with E-state index >= 15 is 0 Å². The Balaban J connectivity index is 2.40. The maximum absolute atomic E-state index is 11.9. The highest BCUT2D eigenvalue weighted by Crippen LogP contribution is 2.16. The maximum atomic E-state index is 11.9. The molecule has 0 fully saturated rings. The molecule has 21 heavy (non-hydrogen) atoms. The first-order valence-electron chi connectivity index (χ1n) is 7.39. The molecule has 3 N–H and O–H groups in total. The number of benzene rings is 1. The Morgan fingerprint density at radius 3 is 2.62 bits per heavy atom. The largest absolute Gasteiger partial charge is 0.389 e. The second kappa shape index (κ2) is 8.37. The highest BCUT2D eigenvalue weighted by atomic mass is 35.5. The predicted octanol–water partition coefficient (Wildman–Crippen LogP) is 3.20. The Labute approximate surface area is 131 Å². The molecule has 118 valence electrons. The zero-order chi connectivity index (χ0) is 15.9. The number of rotatable bonds is 8. The Morgan fingerprint density at radius 1 is 1.38 bits per heavy atom. The third-order valence-corrected chi connectivity index (χ3v) is 3.93. The van der Waals surface area contributed by atoms with Crippen LogP contribution in [0.2, 0.25) is 5.02 Å². The van der Waals surface area contributed by atoms with Crippen molar-refractivity contribution in [1.29, 1.82) is 0 Å². The molecule has 0 spiro atoms. The smallest absolute Gasteiger partial charge is 0.225 e. The second-order valence-electron chi connectivity index (χ2n) is 5.48. The SMILES string of the molecule is CCC(O)(CC)CNC(C)CC(=O)Nc1cccc(Cl)c1. The van der Waals surface area contributed by atoms with Gasteiger partial charge in [0.2, 0.25) is 5.91 Å². The fourth-order valence-electron chi connectivity index (χ4n) is 1.99. The zero-order valence-corrected chi connectivity index (χ0v) is 13.7. The number of halogens is 1. The van der Waals surface area contributed by atoms with Crippen molar-refractivity contribution in [2.45, 2.75) is 51.7 Å². The number of carbonyl (C=O) groups is 1. The molecule has 1 amide bonds. The first kappa shape index (κ1) is 18.0. The highest BCUT2D eigenvalue weighted by molar-refractivity contribution is 6.30. The van der Waals surface area contributed by atoms with Gasteiger partial charge in [0, 0.05) is 29.7 Å². The minimum Gasteiger partial charge on any atom is -0.389 e. The normalized spacial score (nSPS) is 13.0. The Kier molecular flexibility index (Phi) is 7.15. The van der Waals surface area contributed by atoms with Crippen LogP contribution in [0.5, 0.6) is 0 Å². The molecule has 1 rings (SSSR count). The monoisotopic (exact) mass is 312 g/mol. The van der Waals surface area contributed by atoms with Crippen molar-refractivity contribution in [3.63, 3.8) is 0 Å². The zero-order valence-electron chi connectivity index (χ0n) is 12.9. The van der Waals surface area contributed by atoms with Crippen molar-refractivity contribution in [3.8, 4) is 0 Å². The molecule has 0 saturated carbocycles. The average molecular weight is 313 g/mol. The summed E-state index contributed by atoms with van der Waals surface area (Å²) in [5.74, 6) is -0.0752. The average Bonchev–Trinajstić information content (AvgIpc) is 2.44. The summed E-state index contributed by atoms with van der Waals surface area (Å²) in [6, 6.07) is 7.06. The lowest BCUT2D eigenvalue weighted by Gasteiger charge is -2.27. The summed E-state index contributed by atoms with van der Waals surface area (Å²) >= 11 is 5.87. The van der Waals surface area contributed by atoms with E-state index in [1.54, 1.807) is 24.3 Å². The van der Waals surface area contributed by atoms with Gasteiger partial charge in [-0.1, -0.05) is 31.5 Å². The first-order valence-corrected chi connectivity index (χ1v) is 7.77. The van der Waals surface area contributed by atoms with Gasteiger partial charge in [0.15, 0.2) is 0 Å². The minimum absolute atomic E-state index is 0.00573. The van der Waals surface area contributed by atoms with E-state index in [0.717, 1.165) is 0 Å². The standard InChI is InChI=1S/C16H25ClN2O2/c1-4-16(21,5-2)11-18-12(3)9-15(20)19-14-8-6-7-13(17)10-14/h6-8,10,12,18,21H,4-5,9,11H2,1-3H3,(H,19,20). The van der Waals surface area contributed by atoms with Gasteiger partial charge >= 0.3 is 0 Å². The van der Waals surface area contributed by atoms with Crippen LogP contribution in [0.3, 0.4) is 0 Å². The summed E-state index contributed by atoms with van der Waals surface area (Å²) in [5.41, 5.74) is -0.00384. The van der Waals surface area contributed by atoms with Gasteiger partial charge in [-0.3, -0.25) is 4.79 Å². The fraction of sp³-hybridized carbons (Fsp3) is 0.562. The van der Waals surface area contributed by atoms with Crippen molar-refractivity contribution in [2.24, 2.45) is 0 Å². The second-order valence-corrected chi connectivity index (χ2v) is 5.91. The van der Waals surface area contributed by atoms with Crippen LogP contribution in [-0.4, -0.2) is 29.2 Å². The Morgan fingerprint density at radius 2 is 2.05 bits per heavy atom. The lowest BCUT2D eigenvalue weighted by molar-refractivity contribution is -0.116. The maximum Gasteiger partial charge on any atom is 0.225 e. The molecule has 0 aliphatic carbocycles. The van der Waals surface area contributed by atoms with Crippen LogP contribution in [0.4, 0.5) is 5.69 Å². The molecular weight excluding hydrogens is 288 g/mol. The quantitative estimate of drug-likeness (QED) is 0.691. The number of hydrogen-bond donors (Lipinski definition) is 3. The number of nitrogens with one attached hydrogen (secondary N) is 2. The van der Waals surface area contributed by atoms with Gasteiger partial charge in [0.1, 0.15) is 0 Å². The molecule has 0 aromatic heterocycles. The third kappa shape index (κ3) is 6.46. The van der Waals surface area contributed by atoms with Crippen molar-refractivity contribution >= 4 is 23.2 Å². The van der Waals surface area contributed by atoms with Crippen molar-refractivity contribution < 1.29 is 9.90 Å². The number of amides is 1. The number of hydrogen-bond acceptors (Lipinski definition) is 3. The van der Waals surface area contributed by atoms with E-state index < -0.39 is 5.60 Å². The number of carbonyl (C=O) groups excluding carboxylic acids is 1. The predicted molar refractivity (Wildman–Crippen MR) is 87.7 cm³/mol. The number of aliphatic hydroxyl groups is 1. The topological polar surface area (TPSA) is 61.4 Å². The van der Waals surface area contributed by atoms with E-state index in [9.17, 15) is 9.90 Å². The van der Waals surface area contributed by atoms with Crippen molar-refractivity contribution in [3.05, 3.63) is 29.3 Å². The van der Waals surface area contributed by atoms with E-state index in [1.807, 2.05) is 20.8 Å². The summed E-state index contributed by atoms with van der Waals surface area (Å²) in [7, 11) is 0. The van der Waals surface area contributed by atoms with Gasteiger partial charge in [-0.05, 0) is 38.0 Å². The van der Waals surface area contributed by atoms with Gasteiger partial charge in [-0.2, -0.15) is 0 Å². The van der Waals surface area contributed by atoms with Crippen LogP contribution >= 0.6 is 11.6 Å². The summed E-state index contributed by atoms with van der Waals surface area (Å²) < 4.78 is 0. The molecule has 0 bridgehead atoms. The summed E-state index contributed by atoms with van der Waals surface area (Å²) in [4.78, 5) is 11.9. The first-order chi connectivity index (χ1) is 9.88. The van der Waals surface area contributed by atoms with Crippen LogP contribution in [-0.2, 0) is 4.79 Å². The van der Waals surface area contributed by atoms with Crippen LogP contribution in [0.25, 0.3) is 0 Å². The molecule has 1 unspecified atom stereocenters.